The molecule has 1 aromatic heterocycles. The van der Waals surface area contributed by atoms with Gasteiger partial charge in [0.25, 0.3) is 5.91 Å². The molecule has 0 aliphatic carbocycles. The Bertz CT molecular complexity index is 1210. The summed E-state index contributed by atoms with van der Waals surface area (Å²) in [6.07, 6.45) is 1.36. The molecule has 1 saturated heterocycles. The fourth-order valence-corrected chi connectivity index (χ4v) is 6.35. The van der Waals surface area contributed by atoms with E-state index in [0.29, 0.717) is 34.6 Å². The molecule has 0 bridgehead atoms. The van der Waals surface area contributed by atoms with Crippen LogP contribution in [0.5, 0.6) is 0 Å². The minimum absolute atomic E-state index is 0.181. The molecule has 7 nitrogen and oxygen atoms in total. The molecular formula is C22H23ClN4O3S2. The molecular weight excluding hydrogens is 468 g/mol. The van der Waals surface area contributed by atoms with Gasteiger partial charge in [0.05, 0.1) is 10.9 Å². The molecule has 10 heteroatoms. The summed E-state index contributed by atoms with van der Waals surface area (Å²) in [5.41, 5.74) is 1.67. The fourth-order valence-electron chi connectivity index (χ4n) is 3.61. The lowest BCUT2D eigenvalue weighted by molar-refractivity contribution is 0.102. The van der Waals surface area contributed by atoms with Crippen LogP contribution >= 0.6 is 22.9 Å². The Morgan fingerprint density at radius 3 is 2.47 bits per heavy atom. The van der Waals surface area contributed by atoms with Gasteiger partial charge in [0, 0.05) is 17.3 Å². The lowest BCUT2D eigenvalue weighted by Gasteiger charge is -2.22. The van der Waals surface area contributed by atoms with Gasteiger partial charge in [-0.05, 0) is 60.7 Å². The van der Waals surface area contributed by atoms with E-state index in [0.717, 1.165) is 23.3 Å². The standard InChI is InChI=1S/C22H23ClN4O3S2/c1-14(2)15-5-11-18(12-6-15)32(29,30)27-13-3-4-19(27)21-25-26-22(31-21)20(28)24-17-9-7-16(23)8-10-17/h5-12,14,19H,3-4,13H2,1-2H3,(H,24,28)/t19-/m1/s1. The molecule has 0 saturated carbocycles. The molecule has 32 heavy (non-hydrogen) atoms. The highest BCUT2D eigenvalue weighted by Crippen LogP contribution is 2.38. The van der Waals surface area contributed by atoms with Crippen molar-refractivity contribution in [2.45, 2.75) is 43.5 Å². The van der Waals surface area contributed by atoms with Crippen molar-refractivity contribution in [1.29, 1.82) is 0 Å². The third kappa shape index (κ3) is 4.71. The van der Waals surface area contributed by atoms with Crippen molar-refractivity contribution >= 4 is 44.6 Å². The number of halogens is 1. The van der Waals surface area contributed by atoms with E-state index in [9.17, 15) is 13.2 Å². The lowest BCUT2D eigenvalue weighted by Crippen LogP contribution is -2.30. The van der Waals surface area contributed by atoms with Crippen LogP contribution in [0.25, 0.3) is 0 Å². The smallest absolute Gasteiger partial charge is 0.286 e. The Labute approximate surface area is 196 Å². The summed E-state index contributed by atoms with van der Waals surface area (Å²) in [7, 11) is -3.68. The average molecular weight is 491 g/mol. The third-order valence-electron chi connectivity index (χ3n) is 5.38. The van der Waals surface area contributed by atoms with Crippen LogP contribution in [0.1, 0.15) is 59.0 Å². The Balaban J connectivity index is 1.53. The third-order valence-corrected chi connectivity index (χ3v) is 8.58. The Kier molecular flexibility index (Phi) is 6.62. The summed E-state index contributed by atoms with van der Waals surface area (Å²) < 4.78 is 28.1. The number of carbonyl (C=O) groups is 1. The summed E-state index contributed by atoms with van der Waals surface area (Å²) in [5.74, 6) is -0.0714. The Morgan fingerprint density at radius 1 is 1.12 bits per heavy atom. The number of hydrogen-bond donors (Lipinski definition) is 1. The van der Waals surface area contributed by atoms with Crippen LogP contribution < -0.4 is 5.32 Å². The first-order chi connectivity index (χ1) is 15.3. The largest absolute Gasteiger partial charge is 0.320 e. The number of hydrogen-bond acceptors (Lipinski definition) is 6. The van der Waals surface area contributed by atoms with Gasteiger partial charge in [-0.1, -0.05) is 48.9 Å². The van der Waals surface area contributed by atoms with Crippen molar-refractivity contribution in [2.24, 2.45) is 0 Å². The summed E-state index contributed by atoms with van der Waals surface area (Å²) in [6.45, 7) is 4.54. The van der Waals surface area contributed by atoms with Crippen molar-refractivity contribution in [3.05, 3.63) is 69.1 Å². The number of benzene rings is 2. The second-order valence-corrected chi connectivity index (χ2v) is 11.2. The van der Waals surface area contributed by atoms with Crippen molar-refractivity contribution in [3.8, 4) is 0 Å². The quantitative estimate of drug-likeness (QED) is 0.519. The maximum atomic E-state index is 13.3. The fraction of sp³-hybridized carbons (Fsp3) is 0.318. The van der Waals surface area contributed by atoms with Gasteiger partial charge in [0.1, 0.15) is 5.01 Å². The molecule has 2 aromatic carbocycles. The number of nitrogens with zero attached hydrogens (tertiary/aromatic N) is 3. The van der Waals surface area contributed by atoms with Crippen LogP contribution in [-0.2, 0) is 10.0 Å². The zero-order valence-corrected chi connectivity index (χ0v) is 20.0. The molecule has 1 amide bonds. The average Bonchev–Trinajstić information content (AvgIpc) is 3.45. The van der Waals surface area contributed by atoms with Gasteiger partial charge in [0.2, 0.25) is 15.0 Å². The number of aromatic nitrogens is 2. The van der Waals surface area contributed by atoms with Gasteiger partial charge >= 0.3 is 0 Å². The zero-order chi connectivity index (χ0) is 22.9. The van der Waals surface area contributed by atoms with Crippen LogP contribution in [0.2, 0.25) is 5.02 Å². The molecule has 1 N–H and O–H groups in total. The molecule has 0 unspecified atom stereocenters. The van der Waals surface area contributed by atoms with Gasteiger partial charge in [-0.15, -0.1) is 10.2 Å². The van der Waals surface area contributed by atoms with E-state index in [4.69, 9.17) is 11.6 Å². The lowest BCUT2D eigenvalue weighted by atomic mass is 10.0. The number of carbonyl (C=O) groups excluding carboxylic acids is 1. The van der Waals surface area contributed by atoms with Crippen molar-refractivity contribution < 1.29 is 13.2 Å². The van der Waals surface area contributed by atoms with E-state index in [1.807, 2.05) is 12.1 Å². The maximum absolute atomic E-state index is 13.3. The molecule has 1 fully saturated rings. The Morgan fingerprint density at radius 2 is 1.81 bits per heavy atom. The summed E-state index contributed by atoms with van der Waals surface area (Å²) in [6, 6.07) is 13.3. The highest BCUT2D eigenvalue weighted by molar-refractivity contribution is 7.89. The number of amides is 1. The van der Waals surface area contributed by atoms with Crippen LogP contribution in [0.4, 0.5) is 5.69 Å². The summed E-state index contributed by atoms with van der Waals surface area (Å²) in [5, 5.41) is 12.2. The topological polar surface area (TPSA) is 92.3 Å². The predicted molar refractivity (Wildman–Crippen MR) is 126 cm³/mol. The van der Waals surface area contributed by atoms with Gasteiger partial charge in [-0.3, -0.25) is 4.79 Å². The van der Waals surface area contributed by atoms with E-state index in [2.05, 4.69) is 29.4 Å². The number of sulfonamides is 1. The van der Waals surface area contributed by atoms with E-state index >= 15 is 0 Å². The number of rotatable bonds is 6. The highest BCUT2D eigenvalue weighted by Gasteiger charge is 2.38. The molecule has 3 aromatic rings. The van der Waals surface area contributed by atoms with Gasteiger partial charge in [-0.25, -0.2) is 8.42 Å². The van der Waals surface area contributed by atoms with Crippen LogP contribution in [0.15, 0.2) is 53.4 Å². The first-order valence-electron chi connectivity index (χ1n) is 10.3. The molecule has 2 heterocycles. The van der Waals surface area contributed by atoms with E-state index in [1.165, 1.54) is 4.31 Å². The van der Waals surface area contributed by atoms with Gasteiger partial charge < -0.3 is 5.32 Å². The zero-order valence-electron chi connectivity index (χ0n) is 17.7. The van der Waals surface area contributed by atoms with E-state index in [-0.39, 0.29) is 9.90 Å². The first kappa shape index (κ1) is 22.8. The molecule has 1 atom stereocenters. The van der Waals surface area contributed by atoms with Crippen LogP contribution in [0.3, 0.4) is 0 Å². The van der Waals surface area contributed by atoms with Crippen LogP contribution in [0, 0.1) is 0 Å². The predicted octanol–water partition coefficient (Wildman–Crippen LogP) is 5.09. The molecule has 0 radical (unpaired) electrons. The van der Waals surface area contributed by atoms with E-state index < -0.39 is 22.0 Å². The first-order valence-corrected chi connectivity index (χ1v) is 12.9. The molecule has 168 valence electrons. The highest BCUT2D eigenvalue weighted by atomic mass is 35.5. The number of nitrogens with one attached hydrogen (secondary N) is 1. The van der Waals surface area contributed by atoms with E-state index in [1.54, 1.807) is 36.4 Å². The van der Waals surface area contributed by atoms with Gasteiger partial charge in [-0.2, -0.15) is 4.31 Å². The van der Waals surface area contributed by atoms with Crippen LogP contribution in [-0.4, -0.2) is 35.4 Å². The second kappa shape index (κ2) is 9.27. The maximum Gasteiger partial charge on any atom is 0.286 e. The minimum Gasteiger partial charge on any atom is -0.320 e. The molecule has 1 aliphatic heterocycles. The minimum atomic E-state index is -3.68. The van der Waals surface area contributed by atoms with Crippen molar-refractivity contribution in [2.75, 3.05) is 11.9 Å². The normalized spacial score (nSPS) is 17.1. The molecule has 1 aliphatic rings. The van der Waals surface area contributed by atoms with Gasteiger partial charge in [0.15, 0.2) is 0 Å². The SMILES string of the molecule is CC(C)c1ccc(S(=O)(=O)N2CCC[C@@H]2c2nnc(C(=O)Nc3ccc(Cl)cc3)s2)cc1. The van der Waals surface area contributed by atoms with Crippen molar-refractivity contribution in [3.63, 3.8) is 0 Å². The van der Waals surface area contributed by atoms with Crippen molar-refractivity contribution in [1.82, 2.24) is 14.5 Å². The number of anilines is 1. The molecule has 4 rings (SSSR count). The monoisotopic (exact) mass is 490 g/mol. The summed E-state index contributed by atoms with van der Waals surface area (Å²) >= 11 is 6.99. The molecule has 0 spiro atoms. The Hall–Kier alpha value is -2.33. The second-order valence-electron chi connectivity index (χ2n) is 7.90. The summed E-state index contributed by atoms with van der Waals surface area (Å²) in [4.78, 5) is 12.8.